The van der Waals surface area contributed by atoms with Gasteiger partial charge in [0, 0.05) is 11.5 Å². The Morgan fingerprint density at radius 2 is 1.79 bits per heavy atom. The molecule has 2 bridgehead atoms. The van der Waals surface area contributed by atoms with Crippen LogP contribution in [-0.4, -0.2) is 42.6 Å². The van der Waals surface area contributed by atoms with E-state index < -0.39 is 48.3 Å². The SMILES string of the molecule is O=C(COC(=O)[C@@H]1[C@@H]2C[C@@H]3[C@H]1C(=O)O[C@H]3C2)c1ccc(OC(=O)C(F)(F)F)cc1. The Labute approximate surface area is 162 Å². The Morgan fingerprint density at radius 3 is 2.45 bits per heavy atom. The van der Waals surface area contributed by atoms with Crippen LogP contribution in [0.5, 0.6) is 5.75 Å². The van der Waals surface area contributed by atoms with E-state index in [0.717, 1.165) is 30.7 Å². The van der Waals surface area contributed by atoms with Gasteiger partial charge in [0.1, 0.15) is 11.9 Å². The molecular weight excluding hydrogens is 397 g/mol. The lowest BCUT2D eigenvalue weighted by atomic mass is 9.80. The summed E-state index contributed by atoms with van der Waals surface area (Å²) in [6.07, 6.45) is -3.90. The van der Waals surface area contributed by atoms with E-state index in [1.165, 1.54) is 0 Å². The summed E-state index contributed by atoms with van der Waals surface area (Å²) in [5, 5.41) is 0. The predicted octanol–water partition coefficient (Wildman–Crippen LogP) is 2.08. The lowest BCUT2D eigenvalue weighted by Gasteiger charge is -2.22. The van der Waals surface area contributed by atoms with Gasteiger partial charge < -0.3 is 14.2 Å². The van der Waals surface area contributed by atoms with E-state index in [9.17, 15) is 32.3 Å². The predicted molar refractivity (Wildman–Crippen MR) is 86.5 cm³/mol. The molecule has 0 spiro atoms. The minimum atomic E-state index is -5.13. The topological polar surface area (TPSA) is 96.0 Å². The van der Waals surface area contributed by atoms with Gasteiger partial charge in [0.15, 0.2) is 12.4 Å². The van der Waals surface area contributed by atoms with E-state index in [-0.39, 0.29) is 29.3 Å². The number of ether oxygens (including phenoxy) is 3. The van der Waals surface area contributed by atoms with E-state index in [4.69, 9.17) is 9.47 Å². The number of hydrogen-bond acceptors (Lipinski definition) is 7. The summed E-state index contributed by atoms with van der Waals surface area (Å²) < 4.78 is 51.0. The van der Waals surface area contributed by atoms with Crippen molar-refractivity contribution in [2.45, 2.75) is 25.1 Å². The minimum Gasteiger partial charge on any atom is -0.462 e. The van der Waals surface area contributed by atoms with Gasteiger partial charge in [-0.05, 0) is 43.0 Å². The number of fused-ring (bicyclic) bond motifs is 1. The van der Waals surface area contributed by atoms with Crippen LogP contribution in [0.1, 0.15) is 23.2 Å². The number of alkyl halides is 3. The average molecular weight is 412 g/mol. The molecule has 0 unspecified atom stereocenters. The summed E-state index contributed by atoms with van der Waals surface area (Å²) in [6.45, 7) is -0.570. The Bertz CT molecular complexity index is 875. The van der Waals surface area contributed by atoms with Crippen molar-refractivity contribution >= 4 is 23.7 Å². The Kier molecular flexibility index (Phi) is 4.59. The molecule has 29 heavy (non-hydrogen) atoms. The van der Waals surface area contributed by atoms with E-state index in [2.05, 4.69) is 4.74 Å². The number of carbonyl (C=O) groups excluding carboxylic acids is 4. The van der Waals surface area contributed by atoms with E-state index >= 15 is 0 Å². The fraction of sp³-hybridized carbons (Fsp3) is 0.474. The number of esters is 3. The van der Waals surface area contributed by atoms with Crippen LogP contribution in [0.4, 0.5) is 13.2 Å². The van der Waals surface area contributed by atoms with Gasteiger partial charge in [-0.15, -0.1) is 0 Å². The third kappa shape index (κ3) is 3.47. The molecule has 4 rings (SSSR count). The smallest absolute Gasteiger partial charge is 0.462 e. The lowest BCUT2D eigenvalue weighted by molar-refractivity contribution is -0.189. The molecule has 1 aromatic rings. The van der Waals surface area contributed by atoms with Gasteiger partial charge in [-0.25, -0.2) is 4.79 Å². The number of rotatable bonds is 5. The third-order valence-electron chi connectivity index (χ3n) is 5.72. The number of Topliss-reactive ketones (excluding diaryl/α,β-unsaturated/α-hetero) is 1. The van der Waals surface area contributed by atoms with E-state index in [1.54, 1.807) is 0 Å². The van der Waals surface area contributed by atoms with Crippen molar-refractivity contribution in [2.75, 3.05) is 6.61 Å². The molecule has 0 N–H and O–H groups in total. The molecule has 2 aliphatic carbocycles. The summed E-state index contributed by atoms with van der Waals surface area (Å²) in [5.41, 5.74) is 0.0675. The van der Waals surface area contributed by atoms with Crippen LogP contribution in [0, 0.1) is 23.7 Å². The highest BCUT2D eigenvalue weighted by atomic mass is 19.4. The first kappa shape index (κ1) is 19.4. The molecule has 1 aliphatic heterocycles. The maximum absolute atomic E-state index is 12.4. The van der Waals surface area contributed by atoms with Crippen LogP contribution in [-0.2, 0) is 23.9 Å². The lowest BCUT2D eigenvalue weighted by Crippen LogP contribution is -2.34. The average Bonchev–Trinajstić information content (AvgIpc) is 3.28. The molecule has 1 heterocycles. The summed E-state index contributed by atoms with van der Waals surface area (Å²) in [7, 11) is 0. The normalized spacial score (nSPS) is 29.5. The number of ketones is 1. The quantitative estimate of drug-likeness (QED) is 0.415. The zero-order valence-electron chi connectivity index (χ0n) is 14.8. The molecule has 0 amide bonds. The molecule has 1 aromatic carbocycles. The number of carbonyl (C=O) groups is 4. The minimum absolute atomic E-state index is 0.00616. The Morgan fingerprint density at radius 1 is 1.10 bits per heavy atom. The van der Waals surface area contributed by atoms with Gasteiger partial charge in [-0.3, -0.25) is 14.4 Å². The Balaban J connectivity index is 1.32. The fourth-order valence-corrected chi connectivity index (χ4v) is 4.52. The maximum Gasteiger partial charge on any atom is 0.491 e. The van der Waals surface area contributed by atoms with Gasteiger partial charge in [0.25, 0.3) is 0 Å². The summed E-state index contributed by atoms with van der Waals surface area (Å²) in [4.78, 5) is 47.3. The number of hydrogen-bond donors (Lipinski definition) is 0. The first-order valence-electron chi connectivity index (χ1n) is 8.94. The second-order valence-electron chi connectivity index (χ2n) is 7.36. The van der Waals surface area contributed by atoms with Crippen molar-refractivity contribution in [3.05, 3.63) is 29.8 Å². The Hall–Kier alpha value is -2.91. The molecule has 1 saturated heterocycles. The van der Waals surface area contributed by atoms with Gasteiger partial charge in [0.05, 0.1) is 11.8 Å². The van der Waals surface area contributed by atoms with Crippen molar-refractivity contribution in [1.82, 2.24) is 0 Å². The van der Waals surface area contributed by atoms with Gasteiger partial charge in [-0.2, -0.15) is 13.2 Å². The monoisotopic (exact) mass is 412 g/mol. The van der Waals surface area contributed by atoms with Gasteiger partial charge in [0.2, 0.25) is 0 Å². The van der Waals surface area contributed by atoms with Crippen molar-refractivity contribution in [1.29, 1.82) is 0 Å². The van der Waals surface area contributed by atoms with E-state index in [1.807, 2.05) is 0 Å². The van der Waals surface area contributed by atoms with E-state index in [0.29, 0.717) is 6.42 Å². The molecule has 10 heteroatoms. The van der Waals surface area contributed by atoms with Gasteiger partial charge in [-0.1, -0.05) is 0 Å². The number of benzene rings is 1. The number of halogens is 3. The summed E-state index contributed by atoms with van der Waals surface area (Å²) in [6, 6.07) is 4.38. The van der Waals surface area contributed by atoms with Crippen molar-refractivity contribution in [3.8, 4) is 5.75 Å². The van der Waals surface area contributed by atoms with Gasteiger partial charge >= 0.3 is 24.1 Å². The summed E-state index contributed by atoms with van der Waals surface area (Å²) in [5.74, 6) is -5.42. The molecule has 154 valence electrons. The van der Waals surface area contributed by atoms with Crippen molar-refractivity contribution < 1.29 is 46.6 Å². The highest BCUT2D eigenvalue weighted by molar-refractivity contribution is 5.98. The zero-order valence-corrected chi connectivity index (χ0v) is 14.8. The first-order chi connectivity index (χ1) is 13.6. The molecule has 0 aromatic heterocycles. The molecule has 5 atom stereocenters. The van der Waals surface area contributed by atoms with Crippen LogP contribution in [0.15, 0.2) is 24.3 Å². The molecule has 2 saturated carbocycles. The summed E-state index contributed by atoms with van der Waals surface area (Å²) >= 11 is 0. The largest absolute Gasteiger partial charge is 0.491 e. The van der Waals surface area contributed by atoms with Crippen LogP contribution in [0.3, 0.4) is 0 Å². The molecule has 7 nitrogen and oxygen atoms in total. The third-order valence-corrected chi connectivity index (χ3v) is 5.72. The molecule has 3 aliphatic rings. The standard InChI is InChI=1S/C19H15F3O7/c20-19(21,22)18(26)28-10-3-1-8(2-4-10)12(23)7-27-16(24)14-9-5-11-13(6-9)29-17(25)15(11)14/h1-4,9,11,13-15H,5-7H2/t9-,11+,13+,14-,15-/m1/s1. The van der Waals surface area contributed by atoms with Crippen molar-refractivity contribution in [3.63, 3.8) is 0 Å². The van der Waals surface area contributed by atoms with Crippen LogP contribution in [0.25, 0.3) is 0 Å². The second-order valence-corrected chi connectivity index (χ2v) is 7.36. The molecule has 3 fully saturated rings. The molecule has 0 radical (unpaired) electrons. The van der Waals surface area contributed by atoms with Crippen LogP contribution >= 0.6 is 0 Å². The van der Waals surface area contributed by atoms with Crippen LogP contribution < -0.4 is 4.74 Å². The molecular formula is C19H15F3O7. The zero-order chi connectivity index (χ0) is 20.9. The fourth-order valence-electron chi connectivity index (χ4n) is 4.52. The van der Waals surface area contributed by atoms with Crippen molar-refractivity contribution in [2.24, 2.45) is 23.7 Å². The second kappa shape index (κ2) is 6.85. The maximum atomic E-state index is 12.4. The highest BCUT2D eigenvalue weighted by Gasteiger charge is 2.64. The highest BCUT2D eigenvalue weighted by Crippen LogP contribution is 2.57. The first-order valence-corrected chi connectivity index (χ1v) is 8.94. The van der Waals surface area contributed by atoms with Crippen LogP contribution in [0.2, 0.25) is 0 Å².